The van der Waals surface area contributed by atoms with E-state index in [-0.39, 0.29) is 0 Å². The Labute approximate surface area is 113 Å². The number of benzene rings is 1. The Balaban J connectivity index is 1.70. The minimum absolute atomic E-state index is 0.372. The Morgan fingerprint density at radius 2 is 2.11 bits per heavy atom. The molecule has 0 spiro atoms. The molecule has 4 nitrogen and oxygen atoms in total. The van der Waals surface area contributed by atoms with Crippen LogP contribution >= 0.6 is 0 Å². The van der Waals surface area contributed by atoms with Gasteiger partial charge in [0.05, 0.1) is 5.56 Å². The number of piperidine rings is 1. The van der Waals surface area contributed by atoms with Crippen molar-refractivity contribution in [3.63, 3.8) is 0 Å². The third-order valence-electron chi connectivity index (χ3n) is 4.34. The van der Waals surface area contributed by atoms with Crippen molar-refractivity contribution < 1.29 is 9.90 Å². The summed E-state index contributed by atoms with van der Waals surface area (Å²) in [5, 5.41) is 12.6. The van der Waals surface area contributed by atoms with Crippen LogP contribution in [0, 0.1) is 0 Å². The van der Waals surface area contributed by atoms with E-state index < -0.39 is 5.97 Å². The van der Waals surface area contributed by atoms with Crippen molar-refractivity contribution in [1.29, 1.82) is 0 Å². The van der Waals surface area contributed by atoms with Gasteiger partial charge in [0.1, 0.15) is 0 Å². The maximum absolute atomic E-state index is 11.2. The standard InChI is InChI=1S/C15H20N2O2/c18-15(19)13-5-1-2-6-14(13)16-11-7-9-17-8-3-4-12(17)10-11/h1-2,5-6,11-12,16H,3-4,7-10H2,(H,18,19). The molecule has 0 aromatic heterocycles. The first-order valence-corrected chi connectivity index (χ1v) is 7.07. The van der Waals surface area contributed by atoms with Crippen LogP contribution in [0.5, 0.6) is 0 Å². The number of rotatable bonds is 3. The van der Waals surface area contributed by atoms with Gasteiger partial charge < -0.3 is 15.3 Å². The molecular weight excluding hydrogens is 240 g/mol. The Hall–Kier alpha value is -1.55. The van der Waals surface area contributed by atoms with Crippen molar-refractivity contribution in [3.05, 3.63) is 29.8 Å². The Bertz CT molecular complexity index is 475. The summed E-state index contributed by atoms with van der Waals surface area (Å²) in [6.45, 7) is 2.38. The maximum Gasteiger partial charge on any atom is 0.337 e. The van der Waals surface area contributed by atoms with Crippen LogP contribution in [0.1, 0.15) is 36.0 Å². The minimum Gasteiger partial charge on any atom is -0.478 e. The van der Waals surface area contributed by atoms with E-state index in [9.17, 15) is 9.90 Å². The Kier molecular flexibility index (Phi) is 3.42. The fourth-order valence-corrected chi connectivity index (χ4v) is 3.37. The van der Waals surface area contributed by atoms with E-state index >= 15 is 0 Å². The van der Waals surface area contributed by atoms with Gasteiger partial charge in [-0.15, -0.1) is 0 Å². The van der Waals surface area contributed by atoms with Crippen molar-refractivity contribution >= 4 is 11.7 Å². The van der Waals surface area contributed by atoms with Crippen molar-refractivity contribution in [2.24, 2.45) is 0 Å². The molecule has 2 saturated heterocycles. The van der Waals surface area contributed by atoms with Crippen LogP contribution < -0.4 is 5.32 Å². The molecule has 2 unspecified atom stereocenters. The van der Waals surface area contributed by atoms with Crippen LogP contribution in [-0.4, -0.2) is 41.1 Å². The van der Waals surface area contributed by atoms with Crippen LogP contribution in [0.4, 0.5) is 5.69 Å². The third kappa shape index (κ3) is 2.59. The minimum atomic E-state index is -0.860. The van der Waals surface area contributed by atoms with Crippen LogP contribution in [0.15, 0.2) is 24.3 Å². The highest BCUT2D eigenvalue weighted by Crippen LogP contribution is 2.29. The van der Waals surface area contributed by atoms with Crippen molar-refractivity contribution in [3.8, 4) is 0 Å². The lowest BCUT2D eigenvalue weighted by Crippen LogP contribution is -2.42. The van der Waals surface area contributed by atoms with Crippen LogP contribution in [-0.2, 0) is 0 Å². The summed E-state index contributed by atoms with van der Waals surface area (Å²) < 4.78 is 0. The largest absolute Gasteiger partial charge is 0.478 e. The van der Waals surface area contributed by atoms with Gasteiger partial charge in [0.2, 0.25) is 0 Å². The molecule has 0 bridgehead atoms. The molecule has 2 heterocycles. The monoisotopic (exact) mass is 260 g/mol. The molecule has 2 aliphatic rings. The molecule has 2 aliphatic heterocycles. The average molecular weight is 260 g/mol. The smallest absolute Gasteiger partial charge is 0.337 e. The molecule has 0 aliphatic carbocycles. The van der Waals surface area contributed by atoms with Crippen LogP contribution in [0.2, 0.25) is 0 Å². The summed E-state index contributed by atoms with van der Waals surface area (Å²) >= 11 is 0. The normalized spacial score (nSPS) is 26.9. The molecule has 2 N–H and O–H groups in total. The third-order valence-corrected chi connectivity index (χ3v) is 4.34. The molecule has 1 aromatic carbocycles. The topological polar surface area (TPSA) is 52.6 Å². The molecule has 19 heavy (non-hydrogen) atoms. The predicted molar refractivity (Wildman–Crippen MR) is 74.6 cm³/mol. The van der Waals surface area contributed by atoms with Gasteiger partial charge in [0.25, 0.3) is 0 Å². The summed E-state index contributed by atoms with van der Waals surface area (Å²) in [4.78, 5) is 13.8. The van der Waals surface area contributed by atoms with Gasteiger partial charge in [-0.1, -0.05) is 12.1 Å². The van der Waals surface area contributed by atoms with Crippen molar-refractivity contribution in [2.45, 2.75) is 37.8 Å². The van der Waals surface area contributed by atoms with E-state index in [0.717, 1.165) is 25.1 Å². The maximum atomic E-state index is 11.2. The fraction of sp³-hybridized carbons (Fsp3) is 0.533. The number of nitrogens with one attached hydrogen (secondary N) is 1. The fourth-order valence-electron chi connectivity index (χ4n) is 3.37. The number of carboxylic acids is 1. The van der Waals surface area contributed by atoms with E-state index in [0.29, 0.717) is 17.6 Å². The number of hydrogen-bond donors (Lipinski definition) is 2. The zero-order chi connectivity index (χ0) is 13.2. The molecule has 2 fully saturated rings. The number of nitrogens with zero attached hydrogens (tertiary/aromatic N) is 1. The molecule has 0 amide bonds. The Morgan fingerprint density at radius 1 is 1.26 bits per heavy atom. The number of aromatic carboxylic acids is 1. The van der Waals surface area contributed by atoms with Gasteiger partial charge in [0.15, 0.2) is 0 Å². The molecule has 4 heteroatoms. The lowest BCUT2D eigenvalue weighted by Gasteiger charge is -2.35. The van der Waals surface area contributed by atoms with E-state index in [1.807, 2.05) is 12.1 Å². The van der Waals surface area contributed by atoms with E-state index in [2.05, 4.69) is 10.2 Å². The van der Waals surface area contributed by atoms with Gasteiger partial charge in [-0.2, -0.15) is 0 Å². The predicted octanol–water partition coefficient (Wildman–Crippen LogP) is 2.42. The zero-order valence-corrected chi connectivity index (χ0v) is 11.0. The number of carboxylic acid groups (broad SMARTS) is 1. The number of para-hydroxylation sites is 1. The summed E-state index contributed by atoms with van der Waals surface area (Å²) in [5.74, 6) is -0.860. The number of fused-ring (bicyclic) bond motifs is 1. The lowest BCUT2D eigenvalue weighted by atomic mass is 9.97. The molecule has 0 saturated carbocycles. The van der Waals surface area contributed by atoms with Crippen molar-refractivity contribution in [2.75, 3.05) is 18.4 Å². The summed E-state index contributed by atoms with van der Waals surface area (Å²) in [7, 11) is 0. The summed E-state index contributed by atoms with van der Waals surface area (Å²) in [5.41, 5.74) is 1.13. The highest BCUT2D eigenvalue weighted by atomic mass is 16.4. The first-order valence-electron chi connectivity index (χ1n) is 7.07. The first-order chi connectivity index (χ1) is 9.24. The second kappa shape index (κ2) is 5.21. The number of carbonyl (C=O) groups is 1. The highest BCUT2D eigenvalue weighted by Gasteiger charge is 2.31. The lowest BCUT2D eigenvalue weighted by molar-refractivity contribution is 0.0698. The van der Waals surface area contributed by atoms with Gasteiger partial charge in [0, 0.05) is 24.3 Å². The number of anilines is 1. The molecular formula is C15H20N2O2. The molecule has 1 aromatic rings. The summed E-state index contributed by atoms with van der Waals surface area (Å²) in [6.07, 6.45) is 4.83. The second-order valence-corrected chi connectivity index (χ2v) is 5.55. The SMILES string of the molecule is O=C(O)c1ccccc1NC1CCN2CCCC2C1. The highest BCUT2D eigenvalue weighted by molar-refractivity contribution is 5.94. The van der Waals surface area contributed by atoms with E-state index in [1.54, 1.807) is 12.1 Å². The van der Waals surface area contributed by atoms with E-state index in [1.165, 1.54) is 19.4 Å². The van der Waals surface area contributed by atoms with Crippen LogP contribution in [0.25, 0.3) is 0 Å². The van der Waals surface area contributed by atoms with E-state index in [4.69, 9.17) is 0 Å². The average Bonchev–Trinajstić information content (AvgIpc) is 2.86. The van der Waals surface area contributed by atoms with Gasteiger partial charge in [-0.25, -0.2) is 4.79 Å². The molecule has 102 valence electrons. The first kappa shape index (κ1) is 12.5. The van der Waals surface area contributed by atoms with Crippen LogP contribution in [0.3, 0.4) is 0 Å². The molecule has 2 atom stereocenters. The molecule has 3 rings (SSSR count). The van der Waals surface area contributed by atoms with Gasteiger partial charge in [-0.3, -0.25) is 0 Å². The Morgan fingerprint density at radius 3 is 2.95 bits per heavy atom. The van der Waals surface area contributed by atoms with Gasteiger partial charge in [-0.05, 0) is 44.4 Å². The molecule has 0 radical (unpaired) electrons. The summed E-state index contributed by atoms with van der Waals surface area (Å²) in [6, 6.07) is 8.29. The number of hydrogen-bond acceptors (Lipinski definition) is 3. The van der Waals surface area contributed by atoms with Gasteiger partial charge >= 0.3 is 5.97 Å². The zero-order valence-electron chi connectivity index (χ0n) is 11.0. The quantitative estimate of drug-likeness (QED) is 0.876. The van der Waals surface area contributed by atoms with Crippen molar-refractivity contribution in [1.82, 2.24) is 4.90 Å². The second-order valence-electron chi connectivity index (χ2n) is 5.55.